The Bertz CT molecular complexity index is 508. The molecule has 1 heterocycles. The lowest BCUT2D eigenvalue weighted by Crippen LogP contribution is -2.52. The number of nitrogens with zero attached hydrogens (tertiary/aromatic N) is 2. The van der Waals surface area contributed by atoms with Crippen molar-refractivity contribution in [1.82, 2.24) is 0 Å². The maximum atomic E-state index is 9.42. The van der Waals surface area contributed by atoms with Crippen LogP contribution in [0.25, 0.3) is 0 Å². The molecule has 6 heteroatoms. The van der Waals surface area contributed by atoms with E-state index >= 15 is 0 Å². The minimum atomic E-state index is -1.99. The zero-order valence-electron chi connectivity index (χ0n) is 16.6. The van der Waals surface area contributed by atoms with Gasteiger partial charge >= 0.3 is 0 Å². The van der Waals surface area contributed by atoms with Gasteiger partial charge < -0.3 is 8.85 Å². The van der Waals surface area contributed by atoms with E-state index in [1.54, 1.807) is 0 Å². The van der Waals surface area contributed by atoms with E-state index in [0.29, 0.717) is 12.3 Å². The molecule has 0 saturated heterocycles. The van der Waals surface area contributed by atoms with Crippen LogP contribution in [-0.2, 0) is 8.85 Å². The van der Waals surface area contributed by atoms with Crippen molar-refractivity contribution in [3.8, 4) is 6.07 Å². The van der Waals surface area contributed by atoms with Crippen molar-refractivity contribution < 1.29 is 8.85 Å². The molecule has 4 nitrogen and oxygen atoms in total. The number of nitriles is 1. The monoisotopic (exact) mass is 354 g/mol. The van der Waals surface area contributed by atoms with Crippen LogP contribution in [0.5, 0.6) is 0 Å². The lowest BCUT2D eigenvalue weighted by molar-refractivity contribution is 0.0910. The number of rotatable bonds is 4. The normalized spacial score (nSPS) is 23.6. The van der Waals surface area contributed by atoms with E-state index in [4.69, 9.17) is 8.85 Å². The fourth-order valence-electron chi connectivity index (χ4n) is 1.93. The summed E-state index contributed by atoms with van der Waals surface area (Å²) in [7, 11) is -3.91. The fourth-order valence-corrected chi connectivity index (χ4v) is 4.49. The molecule has 2 atom stereocenters. The highest BCUT2D eigenvalue weighted by Crippen LogP contribution is 2.41. The Balaban J connectivity index is 3.01. The van der Waals surface area contributed by atoms with Crippen molar-refractivity contribution in [2.75, 3.05) is 6.54 Å². The van der Waals surface area contributed by atoms with E-state index in [9.17, 15) is 5.26 Å². The molecular formula is C17H34N2O2Si2. The highest BCUT2D eigenvalue weighted by atomic mass is 28.4. The molecule has 1 aliphatic heterocycles. The third-order valence-corrected chi connectivity index (χ3v) is 14.6. The van der Waals surface area contributed by atoms with Gasteiger partial charge in [-0.15, -0.1) is 0 Å². The van der Waals surface area contributed by atoms with Gasteiger partial charge in [0.05, 0.1) is 12.6 Å². The van der Waals surface area contributed by atoms with Gasteiger partial charge in [-0.3, -0.25) is 4.99 Å². The molecule has 0 saturated carbocycles. The summed E-state index contributed by atoms with van der Waals surface area (Å²) < 4.78 is 13.1. The lowest BCUT2D eigenvalue weighted by atomic mass is 10.2. The second-order valence-electron chi connectivity index (χ2n) is 9.55. The molecule has 0 radical (unpaired) electrons. The van der Waals surface area contributed by atoms with Crippen LogP contribution < -0.4 is 0 Å². The summed E-state index contributed by atoms with van der Waals surface area (Å²) in [6, 6.07) is 2.23. The summed E-state index contributed by atoms with van der Waals surface area (Å²) in [5, 5.41) is 9.65. The van der Waals surface area contributed by atoms with Crippen LogP contribution in [-0.4, -0.2) is 41.1 Å². The van der Waals surface area contributed by atoms with Gasteiger partial charge in [-0.25, -0.2) is 0 Å². The highest BCUT2D eigenvalue weighted by molar-refractivity contribution is 6.74. The molecule has 1 aliphatic rings. The van der Waals surface area contributed by atoms with E-state index in [0.717, 1.165) is 0 Å². The number of aliphatic imine (C=N–C) groups is 1. The summed E-state index contributed by atoms with van der Waals surface area (Å²) in [6.07, 6.45) is -0.435. The Labute approximate surface area is 144 Å². The van der Waals surface area contributed by atoms with Gasteiger partial charge in [-0.1, -0.05) is 41.5 Å². The smallest absolute Gasteiger partial charge is 0.193 e. The van der Waals surface area contributed by atoms with Crippen LogP contribution in [0.2, 0.25) is 36.3 Å². The Morgan fingerprint density at radius 3 is 1.78 bits per heavy atom. The molecule has 132 valence electrons. The molecule has 0 aromatic rings. The van der Waals surface area contributed by atoms with Crippen molar-refractivity contribution in [1.29, 1.82) is 5.26 Å². The summed E-state index contributed by atoms with van der Waals surface area (Å²) in [5.41, 5.74) is 0.499. The molecule has 0 fully saturated rings. The Hall–Kier alpha value is -0.486. The average molecular weight is 355 g/mol. The summed E-state index contributed by atoms with van der Waals surface area (Å²) in [4.78, 5) is 4.40. The van der Waals surface area contributed by atoms with Crippen molar-refractivity contribution >= 4 is 22.3 Å². The fraction of sp³-hybridized carbons (Fsp3) is 0.882. The molecule has 0 aliphatic carbocycles. The van der Waals surface area contributed by atoms with Crippen molar-refractivity contribution in [2.24, 2.45) is 4.99 Å². The van der Waals surface area contributed by atoms with Crippen LogP contribution in [0.3, 0.4) is 0 Å². The van der Waals surface area contributed by atoms with E-state index in [1.165, 1.54) is 0 Å². The van der Waals surface area contributed by atoms with Crippen LogP contribution >= 0.6 is 0 Å². The molecule has 0 bridgehead atoms. The second-order valence-corrected chi connectivity index (χ2v) is 19.1. The first-order valence-corrected chi connectivity index (χ1v) is 14.2. The SMILES string of the molecule is CC(C)(C)[Si](C)(C)O[C@H]1CN=C(C#N)[C@@H]1O[Si](C)(C)C(C)(C)C. The molecule has 0 N–H and O–H groups in total. The zero-order chi connectivity index (χ0) is 18.3. The topological polar surface area (TPSA) is 54.6 Å². The standard InChI is InChI=1S/C17H34N2O2Si2/c1-16(2,3)22(7,8)20-14-12-19-13(11-18)15(14)21-23(9,10)17(4,5)6/h14-15H,12H2,1-10H3/t14-,15-/m0/s1. The van der Waals surface area contributed by atoms with Crippen LogP contribution in [0, 0.1) is 11.3 Å². The summed E-state index contributed by atoms with van der Waals surface area (Å²) in [6.45, 7) is 22.7. The minimum Gasteiger partial charge on any atom is -0.409 e. The summed E-state index contributed by atoms with van der Waals surface area (Å²) in [5.74, 6) is 0. The first-order chi connectivity index (χ1) is 10.1. The highest BCUT2D eigenvalue weighted by Gasteiger charge is 2.47. The van der Waals surface area contributed by atoms with Crippen molar-refractivity contribution in [3.05, 3.63) is 0 Å². The first kappa shape index (κ1) is 20.6. The van der Waals surface area contributed by atoms with Crippen molar-refractivity contribution in [2.45, 2.75) is 90.0 Å². The van der Waals surface area contributed by atoms with E-state index < -0.39 is 16.6 Å². The van der Waals surface area contributed by atoms with Crippen molar-refractivity contribution in [3.63, 3.8) is 0 Å². The van der Waals surface area contributed by atoms with Crippen LogP contribution in [0.4, 0.5) is 0 Å². The summed E-state index contributed by atoms with van der Waals surface area (Å²) >= 11 is 0. The molecule has 0 aromatic carbocycles. The average Bonchev–Trinajstić information content (AvgIpc) is 2.67. The van der Waals surface area contributed by atoms with Gasteiger partial charge in [0.15, 0.2) is 16.6 Å². The molecular weight excluding hydrogens is 320 g/mol. The molecule has 23 heavy (non-hydrogen) atoms. The maximum Gasteiger partial charge on any atom is 0.193 e. The van der Waals surface area contributed by atoms with Gasteiger partial charge in [0.2, 0.25) is 0 Å². The van der Waals surface area contributed by atoms with Crippen LogP contribution in [0.1, 0.15) is 41.5 Å². The quantitative estimate of drug-likeness (QED) is 0.685. The largest absolute Gasteiger partial charge is 0.409 e. The number of hydrogen-bond donors (Lipinski definition) is 0. The van der Waals surface area contributed by atoms with E-state index in [2.05, 4.69) is 78.8 Å². The molecule has 0 spiro atoms. The van der Waals surface area contributed by atoms with Crippen LogP contribution in [0.15, 0.2) is 4.99 Å². The predicted molar refractivity (Wildman–Crippen MR) is 102 cm³/mol. The molecule has 1 rings (SSSR count). The number of hydrogen-bond acceptors (Lipinski definition) is 4. The Morgan fingerprint density at radius 1 is 0.957 bits per heavy atom. The third-order valence-electron chi connectivity index (χ3n) is 5.64. The predicted octanol–water partition coefficient (Wildman–Crippen LogP) is 4.75. The molecule has 0 unspecified atom stereocenters. The molecule has 0 amide bonds. The second kappa shape index (κ2) is 6.43. The van der Waals surface area contributed by atoms with E-state index in [1.807, 2.05) is 0 Å². The third kappa shape index (κ3) is 4.53. The van der Waals surface area contributed by atoms with Gasteiger partial charge in [-0.2, -0.15) is 5.26 Å². The Kier molecular flexibility index (Phi) is 5.75. The molecule has 0 aromatic heterocycles. The maximum absolute atomic E-state index is 9.42. The van der Waals surface area contributed by atoms with Gasteiger partial charge in [0.1, 0.15) is 17.9 Å². The van der Waals surface area contributed by atoms with Gasteiger partial charge in [-0.05, 0) is 36.3 Å². The van der Waals surface area contributed by atoms with E-state index in [-0.39, 0.29) is 22.3 Å². The lowest BCUT2D eigenvalue weighted by Gasteiger charge is -2.42. The zero-order valence-corrected chi connectivity index (χ0v) is 18.6. The van der Waals surface area contributed by atoms with Gasteiger partial charge in [0.25, 0.3) is 0 Å². The minimum absolute atomic E-state index is 0.0949. The Morgan fingerprint density at radius 2 is 1.39 bits per heavy atom. The first-order valence-electron chi connectivity index (χ1n) is 8.42. The van der Waals surface area contributed by atoms with Gasteiger partial charge in [0, 0.05) is 0 Å².